The number of piperazine rings is 1. The van der Waals surface area contributed by atoms with Gasteiger partial charge in [-0.15, -0.1) is 0 Å². The minimum absolute atomic E-state index is 0.0289. The van der Waals surface area contributed by atoms with E-state index in [2.05, 4.69) is 9.88 Å². The summed E-state index contributed by atoms with van der Waals surface area (Å²) in [7, 11) is 1.44. The average Bonchev–Trinajstić information content (AvgIpc) is 2.90. The van der Waals surface area contributed by atoms with Crippen molar-refractivity contribution in [3.05, 3.63) is 82.3 Å². The zero-order chi connectivity index (χ0) is 26.2. The number of benzene rings is 2. The van der Waals surface area contributed by atoms with Crippen LogP contribution in [-0.4, -0.2) is 48.3 Å². The van der Waals surface area contributed by atoms with Crippen LogP contribution in [0, 0.1) is 0 Å². The third-order valence-electron chi connectivity index (χ3n) is 6.50. The topological polar surface area (TPSA) is 79.0 Å². The zero-order valence-corrected chi connectivity index (χ0v) is 20.0. The lowest BCUT2D eigenvalue weighted by molar-refractivity contribution is -0.152. The van der Waals surface area contributed by atoms with Gasteiger partial charge in [-0.3, -0.25) is 9.69 Å². The molecule has 192 valence electrons. The van der Waals surface area contributed by atoms with E-state index >= 15 is 0 Å². The first kappa shape index (κ1) is 24.6. The normalized spacial score (nSPS) is 14.8. The molecule has 1 aliphatic rings. The molecule has 2 aromatic carbocycles. The standard InChI is InChI=1S/C27H24F3N3O4/c1-36-18-7-5-17(6-8-18)23-24(35)19-9-10-21(34)20(25(19)37-26(23)27(28,29)30)16-32-12-14-33(15-13-32)22-4-2-3-11-31-22/h2-11,34H,12-16H2,1H3. The summed E-state index contributed by atoms with van der Waals surface area (Å²) in [6.45, 7) is 2.62. The maximum Gasteiger partial charge on any atom is 0.450 e. The van der Waals surface area contributed by atoms with Crippen LogP contribution in [0.4, 0.5) is 19.0 Å². The Balaban J connectivity index is 1.53. The molecular weight excluding hydrogens is 487 g/mol. The molecule has 0 radical (unpaired) electrons. The Morgan fingerprint density at radius 2 is 1.76 bits per heavy atom. The predicted octanol–water partition coefficient (Wildman–Crippen LogP) is 4.91. The van der Waals surface area contributed by atoms with Crippen molar-refractivity contribution in [3.63, 3.8) is 0 Å². The summed E-state index contributed by atoms with van der Waals surface area (Å²) in [6.07, 6.45) is -3.21. The average molecular weight is 512 g/mol. The molecule has 1 N–H and O–H groups in total. The molecule has 0 amide bonds. The van der Waals surface area contributed by atoms with Crippen molar-refractivity contribution in [2.75, 3.05) is 38.2 Å². The summed E-state index contributed by atoms with van der Waals surface area (Å²) in [5.41, 5.74) is -1.46. The Morgan fingerprint density at radius 1 is 1.03 bits per heavy atom. The maximum absolute atomic E-state index is 14.1. The summed E-state index contributed by atoms with van der Waals surface area (Å²) < 4.78 is 52.9. The number of hydrogen-bond donors (Lipinski definition) is 1. The number of hydrogen-bond acceptors (Lipinski definition) is 7. The number of ether oxygens (including phenoxy) is 1. The second-order valence-corrected chi connectivity index (χ2v) is 8.75. The van der Waals surface area contributed by atoms with Crippen molar-refractivity contribution in [1.29, 1.82) is 0 Å². The number of phenols is 1. The summed E-state index contributed by atoms with van der Waals surface area (Å²) >= 11 is 0. The van der Waals surface area contributed by atoms with Gasteiger partial charge in [-0.25, -0.2) is 4.98 Å². The van der Waals surface area contributed by atoms with Crippen molar-refractivity contribution in [2.24, 2.45) is 0 Å². The van der Waals surface area contributed by atoms with Crippen molar-refractivity contribution >= 4 is 16.8 Å². The van der Waals surface area contributed by atoms with Crippen LogP contribution < -0.4 is 15.1 Å². The summed E-state index contributed by atoms with van der Waals surface area (Å²) in [6, 6.07) is 14.0. The molecule has 37 heavy (non-hydrogen) atoms. The van der Waals surface area contributed by atoms with Crippen LogP contribution in [0.1, 0.15) is 11.3 Å². The van der Waals surface area contributed by atoms with Crippen LogP contribution in [-0.2, 0) is 12.7 Å². The third kappa shape index (κ3) is 4.84. The monoisotopic (exact) mass is 511 g/mol. The molecule has 5 rings (SSSR count). The molecule has 7 nitrogen and oxygen atoms in total. The van der Waals surface area contributed by atoms with E-state index < -0.39 is 22.9 Å². The predicted molar refractivity (Wildman–Crippen MR) is 133 cm³/mol. The minimum Gasteiger partial charge on any atom is -0.507 e. The fourth-order valence-corrected chi connectivity index (χ4v) is 4.58. The van der Waals surface area contributed by atoms with Crippen molar-refractivity contribution in [2.45, 2.75) is 12.7 Å². The smallest absolute Gasteiger partial charge is 0.450 e. The molecular formula is C27H24F3N3O4. The van der Waals surface area contributed by atoms with Crippen LogP contribution in [0.3, 0.4) is 0 Å². The number of phenolic OH excluding ortho intramolecular Hbond substituents is 1. The fourth-order valence-electron chi connectivity index (χ4n) is 4.58. The van der Waals surface area contributed by atoms with E-state index in [-0.39, 0.29) is 34.4 Å². The largest absolute Gasteiger partial charge is 0.507 e. The molecule has 3 heterocycles. The van der Waals surface area contributed by atoms with E-state index in [1.807, 2.05) is 23.1 Å². The number of aromatic nitrogens is 1. The number of alkyl halides is 3. The Morgan fingerprint density at radius 3 is 2.38 bits per heavy atom. The molecule has 0 saturated carbocycles. The van der Waals surface area contributed by atoms with Gasteiger partial charge in [0.15, 0.2) is 0 Å². The highest BCUT2D eigenvalue weighted by molar-refractivity contribution is 5.87. The van der Waals surface area contributed by atoms with Gasteiger partial charge >= 0.3 is 6.18 Å². The second kappa shape index (κ2) is 9.78. The van der Waals surface area contributed by atoms with Gasteiger partial charge in [0.1, 0.15) is 22.9 Å². The first-order valence-corrected chi connectivity index (χ1v) is 11.7. The Kier molecular flexibility index (Phi) is 6.51. The highest BCUT2D eigenvalue weighted by Crippen LogP contribution is 2.39. The van der Waals surface area contributed by atoms with Gasteiger partial charge in [0, 0.05) is 38.9 Å². The lowest BCUT2D eigenvalue weighted by Crippen LogP contribution is -2.46. The van der Waals surface area contributed by atoms with Gasteiger partial charge in [-0.05, 0) is 42.0 Å². The molecule has 10 heteroatoms. The lowest BCUT2D eigenvalue weighted by atomic mass is 10.00. The van der Waals surface area contributed by atoms with Crippen LogP contribution in [0.15, 0.2) is 70.0 Å². The van der Waals surface area contributed by atoms with E-state index in [1.54, 1.807) is 6.20 Å². The van der Waals surface area contributed by atoms with Crippen molar-refractivity contribution in [1.82, 2.24) is 9.88 Å². The quantitative estimate of drug-likeness (QED) is 0.408. The van der Waals surface area contributed by atoms with E-state index in [1.165, 1.54) is 43.5 Å². The summed E-state index contributed by atoms with van der Waals surface area (Å²) in [5, 5.41) is 10.6. The van der Waals surface area contributed by atoms with E-state index in [9.17, 15) is 23.1 Å². The second-order valence-electron chi connectivity index (χ2n) is 8.75. The molecule has 0 spiro atoms. The van der Waals surface area contributed by atoms with Crippen LogP contribution in [0.2, 0.25) is 0 Å². The molecule has 0 unspecified atom stereocenters. The number of methoxy groups -OCH3 is 1. The van der Waals surface area contributed by atoms with Crippen LogP contribution in [0.25, 0.3) is 22.1 Å². The van der Waals surface area contributed by atoms with E-state index in [0.29, 0.717) is 31.9 Å². The van der Waals surface area contributed by atoms with Gasteiger partial charge in [-0.2, -0.15) is 13.2 Å². The van der Waals surface area contributed by atoms with E-state index in [0.717, 1.165) is 5.82 Å². The molecule has 1 saturated heterocycles. The maximum atomic E-state index is 14.1. The van der Waals surface area contributed by atoms with Gasteiger partial charge in [0.25, 0.3) is 0 Å². The minimum atomic E-state index is -4.93. The number of rotatable bonds is 5. The number of aromatic hydroxyl groups is 1. The van der Waals surface area contributed by atoms with Crippen molar-refractivity contribution in [3.8, 4) is 22.6 Å². The number of pyridine rings is 1. The molecule has 0 bridgehead atoms. The third-order valence-corrected chi connectivity index (χ3v) is 6.50. The number of anilines is 1. The first-order valence-electron chi connectivity index (χ1n) is 11.7. The highest BCUT2D eigenvalue weighted by Gasteiger charge is 2.40. The Bertz CT molecular complexity index is 1460. The fraction of sp³-hybridized carbons (Fsp3) is 0.259. The van der Waals surface area contributed by atoms with Crippen LogP contribution in [0.5, 0.6) is 11.5 Å². The molecule has 0 aliphatic carbocycles. The summed E-state index contributed by atoms with van der Waals surface area (Å²) in [5.74, 6) is -0.338. The zero-order valence-electron chi connectivity index (χ0n) is 20.0. The van der Waals surface area contributed by atoms with Gasteiger partial charge < -0.3 is 19.2 Å². The number of nitrogens with zero attached hydrogens (tertiary/aromatic N) is 3. The molecule has 1 aliphatic heterocycles. The van der Waals surface area contributed by atoms with Gasteiger partial charge in [0.05, 0.1) is 23.6 Å². The molecule has 1 fully saturated rings. The lowest BCUT2D eigenvalue weighted by Gasteiger charge is -2.35. The number of halogens is 3. The van der Waals surface area contributed by atoms with Crippen LogP contribution >= 0.6 is 0 Å². The SMILES string of the molecule is COc1ccc(-c2c(C(F)(F)F)oc3c(CN4CCN(c5ccccn5)CC4)c(O)ccc3c2=O)cc1. The molecule has 2 aromatic heterocycles. The Labute approximate surface area is 210 Å². The highest BCUT2D eigenvalue weighted by atomic mass is 19.4. The van der Waals surface area contributed by atoms with Gasteiger partial charge in [-0.1, -0.05) is 18.2 Å². The van der Waals surface area contributed by atoms with Crippen molar-refractivity contribution < 1.29 is 27.4 Å². The Hall–Kier alpha value is -4.05. The molecule has 0 atom stereocenters. The molecule has 4 aromatic rings. The summed E-state index contributed by atoms with van der Waals surface area (Å²) in [4.78, 5) is 21.9. The van der Waals surface area contributed by atoms with Gasteiger partial charge in [0.2, 0.25) is 11.2 Å². The first-order chi connectivity index (χ1) is 17.8. The van der Waals surface area contributed by atoms with E-state index in [4.69, 9.17) is 9.15 Å². The number of fused-ring (bicyclic) bond motifs is 1.